The number of benzene rings is 1. The van der Waals surface area contributed by atoms with Crippen LogP contribution in [0.3, 0.4) is 0 Å². The maximum Gasteiger partial charge on any atom is 0.469 e. The second-order valence-corrected chi connectivity index (χ2v) is 10.8. The van der Waals surface area contributed by atoms with Crippen LogP contribution in [0.5, 0.6) is 5.75 Å². The Kier molecular flexibility index (Phi) is 22.5. The molecule has 0 saturated carbocycles. The van der Waals surface area contributed by atoms with Gasteiger partial charge in [-0.2, -0.15) is 0 Å². The van der Waals surface area contributed by atoms with Crippen LogP contribution in [0.25, 0.3) is 0 Å². The molecule has 0 saturated heterocycles. The van der Waals surface area contributed by atoms with E-state index in [2.05, 4.69) is 11.4 Å². The van der Waals surface area contributed by atoms with Crippen molar-refractivity contribution in [1.82, 2.24) is 11.1 Å². The summed E-state index contributed by atoms with van der Waals surface area (Å²) in [6.45, 7) is 4.17. The predicted octanol–water partition coefficient (Wildman–Crippen LogP) is 6.45. The minimum absolute atomic E-state index is 0. The fraction of sp³-hybridized carbons (Fsp3) is 0.750. The van der Waals surface area contributed by atoms with Gasteiger partial charge in [-0.05, 0) is 43.4 Å². The Morgan fingerprint density at radius 2 is 1.50 bits per heavy atom. The fourth-order valence-corrected chi connectivity index (χ4v) is 4.48. The standard InChI is InChI=1S/C28H50NO7P.H3N/c1-3-4-5-6-7-8-10-14-23-35-27-17-15-16-26(25-27)18-19-28(30)29(21-24-36-37(31,32)33)20-12-9-11-13-22-34-2;/h15-17,25H,3-14,18-24H2,1-2H3,(H2,31,32,33);1H3. The van der Waals surface area contributed by atoms with Gasteiger partial charge in [0.1, 0.15) is 5.75 Å². The smallest absolute Gasteiger partial charge is 0.469 e. The predicted molar refractivity (Wildman–Crippen MR) is 153 cm³/mol. The quantitative estimate of drug-likeness (QED) is 0.0968. The molecule has 222 valence electrons. The average molecular weight is 561 g/mol. The molecular formula is C28H53N2O7P. The number of amides is 1. The third kappa shape index (κ3) is 20.5. The summed E-state index contributed by atoms with van der Waals surface area (Å²) in [7, 11) is -2.87. The van der Waals surface area contributed by atoms with Gasteiger partial charge >= 0.3 is 7.82 Å². The molecule has 0 aliphatic carbocycles. The van der Waals surface area contributed by atoms with Crippen molar-refractivity contribution in [2.75, 3.05) is 40.0 Å². The van der Waals surface area contributed by atoms with Crippen molar-refractivity contribution in [3.8, 4) is 5.75 Å². The van der Waals surface area contributed by atoms with Crippen LogP contribution in [0.2, 0.25) is 0 Å². The molecule has 1 rings (SSSR count). The lowest BCUT2D eigenvalue weighted by Gasteiger charge is -2.23. The van der Waals surface area contributed by atoms with Gasteiger partial charge in [-0.1, -0.05) is 76.8 Å². The molecule has 0 aliphatic heterocycles. The fourth-order valence-electron chi connectivity index (χ4n) is 4.16. The first kappa shape index (κ1) is 36.5. The summed E-state index contributed by atoms with van der Waals surface area (Å²) in [4.78, 5) is 32.4. The summed E-state index contributed by atoms with van der Waals surface area (Å²) in [6, 6.07) is 7.89. The van der Waals surface area contributed by atoms with Crippen molar-refractivity contribution < 1.29 is 33.1 Å². The summed E-state index contributed by atoms with van der Waals surface area (Å²) in [5, 5.41) is 0. The molecule has 1 aromatic carbocycles. The number of hydrogen-bond donors (Lipinski definition) is 3. The molecule has 0 aliphatic rings. The molecule has 0 radical (unpaired) electrons. The Balaban J connectivity index is 0.0000137. The van der Waals surface area contributed by atoms with Crippen LogP contribution in [-0.2, 0) is 25.0 Å². The highest BCUT2D eigenvalue weighted by Gasteiger charge is 2.17. The summed E-state index contributed by atoms with van der Waals surface area (Å²) in [5.74, 6) is 0.785. The lowest BCUT2D eigenvalue weighted by molar-refractivity contribution is -0.131. The monoisotopic (exact) mass is 560 g/mol. The maximum atomic E-state index is 12.9. The largest absolute Gasteiger partial charge is 0.494 e. The number of rotatable bonds is 24. The van der Waals surface area contributed by atoms with Gasteiger partial charge in [0.2, 0.25) is 5.91 Å². The van der Waals surface area contributed by atoms with Crippen LogP contribution in [0, 0.1) is 0 Å². The van der Waals surface area contributed by atoms with Gasteiger partial charge in [0.25, 0.3) is 0 Å². The second-order valence-electron chi connectivity index (χ2n) is 9.58. The topological polar surface area (TPSA) is 141 Å². The van der Waals surface area contributed by atoms with E-state index in [1.165, 1.54) is 44.9 Å². The minimum atomic E-state index is -4.55. The van der Waals surface area contributed by atoms with E-state index in [9.17, 15) is 9.36 Å². The summed E-state index contributed by atoms with van der Waals surface area (Å²) < 4.78 is 26.6. The molecule has 9 nitrogen and oxygen atoms in total. The van der Waals surface area contributed by atoms with E-state index in [1.54, 1.807) is 12.0 Å². The molecule has 5 N–H and O–H groups in total. The van der Waals surface area contributed by atoms with Crippen molar-refractivity contribution >= 4 is 13.7 Å². The van der Waals surface area contributed by atoms with Gasteiger partial charge in [0, 0.05) is 33.2 Å². The number of aryl methyl sites for hydroxylation is 1. The highest BCUT2D eigenvalue weighted by atomic mass is 31.2. The van der Waals surface area contributed by atoms with Crippen molar-refractivity contribution in [3.05, 3.63) is 29.8 Å². The van der Waals surface area contributed by atoms with E-state index in [0.29, 0.717) is 26.0 Å². The molecule has 10 heteroatoms. The first-order valence-corrected chi connectivity index (χ1v) is 15.6. The zero-order valence-electron chi connectivity index (χ0n) is 23.8. The second kappa shape index (κ2) is 23.4. The number of nitrogens with zero attached hydrogens (tertiary/aromatic N) is 1. The zero-order valence-corrected chi connectivity index (χ0v) is 24.7. The molecule has 0 fully saturated rings. The molecule has 0 bridgehead atoms. The number of hydrogen-bond acceptors (Lipinski definition) is 6. The Morgan fingerprint density at radius 3 is 2.16 bits per heavy atom. The summed E-state index contributed by atoms with van der Waals surface area (Å²) >= 11 is 0. The van der Waals surface area contributed by atoms with Gasteiger partial charge in [0.05, 0.1) is 13.2 Å². The van der Waals surface area contributed by atoms with E-state index in [-0.39, 0.29) is 25.2 Å². The van der Waals surface area contributed by atoms with Gasteiger partial charge in [-0.15, -0.1) is 0 Å². The van der Waals surface area contributed by atoms with Crippen molar-refractivity contribution in [3.63, 3.8) is 0 Å². The van der Waals surface area contributed by atoms with Crippen LogP contribution in [0.4, 0.5) is 0 Å². The molecule has 0 spiro atoms. The molecule has 0 heterocycles. The van der Waals surface area contributed by atoms with Gasteiger partial charge < -0.3 is 30.3 Å². The molecule has 0 aromatic heterocycles. The number of ether oxygens (including phenoxy) is 2. The van der Waals surface area contributed by atoms with Gasteiger partial charge in [-0.3, -0.25) is 9.32 Å². The van der Waals surface area contributed by atoms with Crippen LogP contribution < -0.4 is 10.9 Å². The first-order chi connectivity index (χ1) is 17.9. The van der Waals surface area contributed by atoms with E-state index < -0.39 is 7.82 Å². The van der Waals surface area contributed by atoms with Crippen LogP contribution in [0.1, 0.15) is 96.0 Å². The van der Waals surface area contributed by atoms with E-state index >= 15 is 0 Å². The Hall–Kier alpha value is -1.48. The van der Waals surface area contributed by atoms with Gasteiger partial charge in [0.15, 0.2) is 0 Å². The number of methoxy groups -OCH3 is 1. The molecule has 1 amide bonds. The van der Waals surface area contributed by atoms with Gasteiger partial charge in [-0.25, -0.2) is 4.57 Å². The number of phosphoric ester groups is 1. The third-order valence-corrected chi connectivity index (χ3v) is 6.81. The maximum absolute atomic E-state index is 12.9. The Bertz CT molecular complexity index is 760. The van der Waals surface area contributed by atoms with Crippen molar-refractivity contribution in [2.45, 2.75) is 96.8 Å². The number of carbonyl (C=O) groups excluding carboxylic acids is 1. The lowest BCUT2D eigenvalue weighted by Crippen LogP contribution is -2.35. The highest BCUT2D eigenvalue weighted by Crippen LogP contribution is 2.35. The minimum Gasteiger partial charge on any atom is -0.494 e. The first-order valence-electron chi connectivity index (χ1n) is 14.0. The molecule has 0 atom stereocenters. The van der Waals surface area contributed by atoms with E-state index in [1.807, 2.05) is 24.3 Å². The van der Waals surface area contributed by atoms with Crippen molar-refractivity contribution in [2.24, 2.45) is 0 Å². The summed E-state index contributed by atoms with van der Waals surface area (Å²) in [5.41, 5.74) is 1.03. The Morgan fingerprint density at radius 1 is 0.868 bits per heavy atom. The number of carbonyl (C=O) groups is 1. The molecule has 0 unspecified atom stereocenters. The number of unbranched alkanes of at least 4 members (excludes halogenated alkanes) is 10. The Labute approximate surface area is 230 Å². The van der Waals surface area contributed by atoms with Crippen molar-refractivity contribution in [1.29, 1.82) is 0 Å². The van der Waals surface area contributed by atoms with Crippen LogP contribution in [0.15, 0.2) is 24.3 Å². The highest BCUT2D eigenvalue weighted by molar-refractivity contribution is 7.46. The lowest BCUT2D eigenvalue weighted by atomic mass is 10.1. The average Bonchev–Trinajstić information content (AvgIpc) is 2.87. The van der Waals surface area contributed by atoms with E-state index in [4.69, 9.17) is 19.3 Å². The van der Waals surface area contributed by atoms with Crippen LogP contribution >= 0.6 is 7.82 Å². The normalized spacial score (nSPS) is 11.3. The third-order valence-electron chi connectivity index (χ3n) is 6.29. The number of phosphoric acid groups is 1. The zero-order chi connectivity index (χ0) is 27.2. The SMILES string of the molecule is CCCCCCCCCCOc1cccc(CCC(=O)N(CCCCCCOC)CCOP(=O)(O)O)c1.N. The molecular weight excluding hydrogens is 507 g/mol. The molecule has 1 aromatic rings. The van der Waals surface area contributed by atoms with Crippen LogP contribution in [-0.4, -0.2) is 60.6 Å². The molecule has 38 heavy (non-hydrogen) atoms. The summed E-state index contributed by atoms with van der Waals surface area (Å²) in [6.07, 6.45) is 14.8. The van der Waals surface area contributed by atoms with E-state index in [0.717, 1.165) is 50.0 Å².